The maximum Gasteiger partial charge on any atom is 0.259 e. The molecule has 0 aliphatic rings. The van der Waals surface area contributed by atoms with E-state index in [0.29, 0.717) is 11.3 Å². The lowest BCUT2D eigenvalue weighted by Gasteiger charge is -2.07. The summed E-state index contributed by atoms with van der Waals surface area (Å²) in [5, 5.41) is 7.27. The third-order valence-electron chi connectivity index (χ3n) is 4.40. The topological polar surface area (TPSA) is 46.9 Å². The van der Waals surface area contributed by atoms with E-state index in [9.17, 15) is 9.18 Å². The molecule has 138 valence electrons. The zero-order chi connectivity index (χ0) is 19.5. The van der Waals surface area contributed by atoms with E-state index in [4.69, 9.17) is 0 Å². The maximum absolute atomic E-state index is 14.2. The van der Waals surface area contributed by atoms with Gasteiger partial charge >= 0.3 is 0 Å². The number of aromatic nitrogens is 2. The van der Waals surface area contributed by atoms with Crippen LogP contribution in [0.1, 0.15) is 15.9 Å². The molecule has 0 aliphatic heterocycles. The molecule has 5 heteroatoms. The van der Waals surface area contributed by atoms with E-state index in [0.717, 1.165) is 16.8 Å². The van der Waals surface area contributed by atoms with Gasteiger partial charge < -0.3 is 5.32 Å². The van der Waals surface area contributed by atoms with E-state index >= 15 is 0 Å². The Kier molecular flexibility index (Phi) is 4.72. The van der Waals surface area contributed by atoms with Gasteiger partial charge in [-0.15, -0.1) is 0 Å². The molecule has 0 unspecified atom stereocenters. The Morgan fingerprint density at radius 3 is 2.32 bits per heavy atom. The van der Waals surface area contributed by atoms with E-state index in [1.807, 2.05) is 60.7 Å². The lowest BCUT2D eigenvalue weighted by Crippen LogP contribution is -2.13. The highest BCUT2D eigenvalue weighted by atomic mass is 19.1. The number of carbonyl (C=O) groups excluding carboxylic acids is 1. The second-order valence-corrected chi connectivity index (χ2v) is 6.47. The highest BCUT2D eigenvalue weighted by Crippen LogP contribution is 2.25. The van der Waals surface area contributed by atoms with Crippen molar-refractivity contribution in [2.24, 2.45) is 0 Å². The summed E-state index contributed by atoms with van der Waals surface area (Å²) in [7, 11) is 0. The summed E-state index contributed by atoms with van der Waals surface area (Å²) >= 11 is 0. The van der Waals surface area contributed by atoms with Gasteiger partial charge in [0.2, 0.25) is 0 Å². The van der Waals surface area contributed by atoms with Gasteiger partial charge in [0.25, 0.3) is 5.91 Å². The molecule has 0 saturated heterocycles. The SMILES string of the molecule is Cc1ccc(NC(=O)c2cn(-c3ccccc3)nc2-c2ccccc2)c(F)c1. The van der Waals surface area contributed by atoms with E-state index in [-0.39, 0.29) is 5.69 Å². The highest BCUT2D eigenvalue weighted by molar-refractivity contribution is 6.08. The average molecular weight is 371 g/mol. The molecule has 3 aromatic carbocycles. The van der Waals surface area contributed by atoms with Gasteiger partial charge in [-0.25, -0.2) is 9.07 Å². The molecule has 0 fully saturated rings. The molecule has 0 aliphatic carbocycles. The number of hydrogen-bond donors (Lipinski definition) is 1. The highest BCUT2D eigenvalue weighted by Gasteiger charge is 2.19. The van der Waals surface area contributed by atoms with E-state index in [1.54, 1.807) is 29.9 Å². The van der Waals surface area contributed by atoms with Crippen molar-refractivity contribution in [2.45, 2.75) is 6.92 Å². The predicted molar refractivity (Wildman–Crippen MR) is 108 cm³/mol. The summed E-state index contributed by atoms with van der Waals surface area (Å²) in [6.45, 7) is 1.80. The molecule has 0 atom stereocenters. The third kappa shape index (κ3) is 3.55. The van der Waals surface area contributed by atoms with E-state index < -0.39 is 11.7 Å². The minimum Gasteiger partial charge on any atom is -0.319 e. The van der Waals surface area contributed by atoms with Gasteiger partial charge in [-0.1, -0.05) is 54.6 Å². The number of rotatable bonds is 4. The molecular weight excluding hydrogens is 353 g/mol. The molecule has 4 rings (SSSR count). The van der Waals surface area contributed by atoms with Crippen LogP contribution in [0.3, 0.4) is 0 Å². The van der Waals surface area contributed by atoms with Crippen LogP contribution in [0.4, 0.5) is 10.1 Å². The molecule has 28 heavy (non-hydrogen) atoms. The number of halogens is 1. The van der Waals surface area contributed by atoms with Crippen LogP contribution < -0.4 is 5.32 Å². The molecule has 1 heterocycles. The van der Waals surface area contributed by atoms with Gasteiger partial charge in [0, 0.05) is 11.8 Å². The fourth-order valence-electron chi connectivity index (χ4n) is 2.97. The van der Waals surface area contributed by atoms with Crippen LogP contribution in [0.5, 0.6) is 0 Å². The quantitative estimate of drug-likeness (QED) is 0.533. The van der Waals surface area contributed by atoms with Gasteiger partial charge in [0.15, 0.2) is 0 Å². The van der Waals surface area contributed by atoms with Crippen LogP contribution in [0.15, 0.2) is 85.1 Å². The van der Waals surface area contributed by atoms with E-state index in [2.05, 4.69) is 10.4 Å². The van der Waals surface area contributed by atoms with Crippen LogP contribution >= 0.6 is 0 Å². The number of amides is 1. The third-order valence-corrected chi connectivity index (χ3v) is 4.40. The normalized spacial score (nSPS) is 10.6. The zero-order valence-electron chi connectivity index (χ0n) is 15.3. The van der Waals surface area contributed by atoms with E-state index in [1.165, 1.54) is 6.07 Å². The van der Waals surface area contributed by atoms with Gasteiger partial charge in [-0.05, 0) is 36.8 Å². The predicted octanol–water partition coefficient (Wildman–Crippen LogP) is 5.24. The Hall–Kier alpha value is -3.73. The smallest absolute Gasteiger partial charge is 0.259 e. The Morgan fingerprint density at radius 2 is 1.64 bits per heavy atom. The fourth-order valence-corrected chi connectivity index (χ4v) is 2.97. The lowest BCUT2D eigenvalue weighted by atomic mass is 10.1. The number of para-hydroxylation sites is 1. The minimum absolute atomic E-state index is 0.141. The summed E-state index contributed by atoms with van der Waals surface area (Å²) in [6.07, 6.45) is 1.67. The molecular formula is C23H18FN3O. The van der Waals surface area contributed by atoms with Gasteiger partial charge in [0.1, 0.15) is 11.5 Å². The first-order valence-corrected chi connectivity index (χ1v) is 8.90. The van der Waals surface area contributed by atoms with Crippen molar-refractivity contribution in [3.05, 3.63) is 102 Å². The van der Waals surface area contributed by atoms with Crippen LogP contribution in [0, 0.1) is 12.7 Å². The zero-order valence-corrected chi connectivity index (χ0v) is 15.3. The summed E-state index contributed by atoms with van der Waals surface area (Å²) < 4.78 is 15.8. The maximum atomic E-state index is 14.2. The van der Waals surface area contributed by atoms with Crippen LogP contribution in [-0.2, 0) is 0 Å². The van der Waals surface area contributed by atoms with Gasteiger partial charge in [0.05, 0.1) is 16.9 Å². The molecule has 1 amide bonds. The Labute approximate surface area is 162 Å². The minimum atomic E-state index is -0.468. The van der Waals surface area contributed by atoms with Crippen molar-refractivity contribution in [3.8, 4) is 16.9 Å². The lowest BCUT2D eigenvalue weighted by molar-refractivity contribution is 0.102. The van der Waals surface area contributed by atoms with Crippen LogP contribution in [0.2, 0.25) is 0 Å². The Morgan fingerprint density at radius 1 is 0.964 bits per heavy atom. The summed E-state index contributed by atoms with van der Waals surface area (Å²) in [6, 6.07) is 23.7. The Balaban J connectivity index is 1.76. The van der Waals surface area contributed by atoms with Crippen molar-refractivity contribution in [2.75, 3.05) is 5.32 Å². The number of anilines is 1. The second kappa shape index (κ2) is 7.48. The van der Waals surface area contributed by atoms with Gasteiger partial charge in [-0.3, -0.25) is 4.79 Å². The molecule has 0 radical (unpaired) electrons. The van der Waals surface area contributed by atoms with Gasteiger partial charge in [-0.2, -0.15) is 5.10 Å². The first-order chi connectivity index (χ1) is 13.6. The molecule has 4 nitrogen and oxygen atoms in total. The average Bonchev–Trinajstić information content (AvgIpc) is 3.17. The van der Waals surface area contributed by atoms with Crippen molar-refractivity contribution in [3.63, 3.8) is 0 Å². The molecule has 0 saturated carbocycles. The number of aryl methyl sites for hydroxylation is 1. The Bertz CT molecular complexity index is 1120. The van der Waals surface area contributed by atoms with Crippen molar-refractivity contribution in [1.82, 2.24) is 9.78 Å². The summed E-state index contributed by atoms with van der Waals surface area (Å²) in [5.41, 5.74) is 3.48. The first kappa shape index (κ1) is 17.7. The molecule has 0 spiro atoms. The van der Waals surface area contributed by atoms with Crippen LogP contribution in [0.25, 0.3) is 16.9 Å². The van der Waals surface area contributed by atoms with Crippen molar-refractivity contribution < 1.29 is 9.18 Å². The fraction of sp³-hybridized carbons (Fsp3) is 0.0435. The number of hydrogen-bond acceptors (Lipinski definition) is 2. The standard InChI is InChI=1S/C23H18FN3O/c1-16-12-13-21(20(24)14-16)25-23(28)19-15-27(18-10-6-3-7-11-18)26-22(19)17-8-4-2-5-9-17/h2-15H,1H3,(H,25,28). The summed E-state index contributed by atoms with van der Waals surface area (Å²) in [4.78, 5) is 13.0. The molecule has 4 aromatic rings. The largest absolute Gasteiger partial charge is 0.319 e. The second-order valence-electron chi connectivity index (χ2n) is 6.47. The number of nitrogens with one attached hydrogen (secondary N) is 1. The van der Waals surface area contributed by atoms with Crippen molar-refractivity contribution >= 4 is 11.6 Å². The molecule has 1 aromatic heterocycles. The number of benzene rings is 3. The van der Waals surface area contributed by atoms with Crippen molar-refractivity contribution in [1.29, 1.82) is 0 Å². The van der Waals surface area contributed by atoms with Crippen LogP contribution in [-0.4, -0.2) is 15.7 Å². The number of carbonyl (C=O) groups is 1. The number of nitrogens with zero attached hydrogens (tertiary/aromatic N) is 2. The molecule has 1 N–H and O–H groups in total. The summed E-state index contributed by atoms with van der Waals surface area (Å²) in [5.74, 6) is -0.881. The first-order valence-electron chi connectivity index (χ1n) is 8.90. The molecule has 0 bridgehead atoms. The monoisotopic (exact) mass is 371 g/mol.